The van der Waals surface area contributed by atoms with Crippen LogP contribution in [-0.4, -0.2) is 9.97 Å². The van der Waals surface area contributed by atoms with Crippen molar-refractivity contribution in [2.45, 2.75) is 34.6 Å². The largest absolute Gasteiger partial charge is 0.442 e. The molecule has 78 valence electrons. The minimum Gasteiger partial charge on any atom is -0.442 e. The Kier molecular flexibility index (Phi) is 6.37. The molecule has 2 heterocycles. The predicted molar refractivity (Wildman–Crippen MR) is 59.2 cm³/mol. The van der Waals surface area contributed by atoms with Crippen molar-refractivity contribution in [3.63, 3.8) is 0 Å². The molecular weight excluding hydrogens is 176 g/mol. The summed E-state index contributed by atoms with van der Waals surface area (Å²) < 4.78 is 5.00. The third-order valence-corrected chi connectivity index (χ3v) is 1.35. The lowest BCUT2D eigenvalue weighted by molar-refractivity contribution is 0.600. The van der Waals surface area contributed by atoms with Crippen LogP contribution in [0.25, 0.3) is 11.1 Å². The van der Waals surface area contributed by atoms with Crippen LogP contribution >= 0.6 is 0 Å². The van der Waals surface area contributed by atoms with Gasteiger partial charge in [-0.25, -0.2) is 4.98 Å². The predicted octanol–water partition coefficient (Wildman–Crippen LogP) is 3.58. The zero-order valence-electron chi connectivity index (χ0n) is 9.53. The number of hydrogen-bond acceptors (Lipinski definition) is 3. The lowest BCUT2D eigenvalue weighted by Crippen LogP contribution is -1.77. The van der Waals surface area contributed by atoms with Gasteiger partial charge in [0.05, 0.1) is 6.20 Å². The molecule has 0 radical (unpaired) electrons. The van der Waals surface area contributed by atoms with Crippen molar-refractivity contribution in [1.82, 2.24) is 9.97 Å². The molecule has 0 saturated heterocycles. The summed E-state index contributed by atoms with van der Waals surface area (Å²) in [7, 11) is 0. The van der Waals surface area contributed by atoms with Gasteiger partial charge in [-0.05, 0) is 13.0 Å². The molecule has 0 aliphatic heterocycles. The number of oxazole rings is 1. The number of nitrogens with zero attached hydrogens (tertiary/aromatic N) is 2. The second-order valence-corrected chi connectivity index (χ2v) is 2.15. The van der Waals surface area contributed by atoms with E-state index < -0.39 is 0 Å². The highest BCUT2D eigenvalue weighted by atomic mass is 16.3. The van der Waals surface area contributed by atoms with Gasteiger partial charge in [0.1, 0.15) is 5.52 Å². The molecule has 14 heavy (non-hydrogen) atoms. The number of aryl methyl sites for hydroxylation is 1. The van der Waals surface area contributed by atoms with Gasteiger partial charge in [-0.3, -0.25) is 4.98 Å². The zero-order chi connectivity index (χ0) is 11.0. The second-order valence-electron chi connectivity index (χ2n) is 2.15. The van der Waals surface area contributed by atoms with Crippen molar-refractivity contribution in [2.24, 2.45) is 0 Å². The first-order chi connectivity index (χ1) is 6.86. The molecule has 0 aromatic carbocycles. The topological polar surface area (TPSA) is 38.9 Å². The summed E-state index contributed by atoms with van der Waals surface area (Å²) in [6, 6.07) is 1.89. The molecule has 0 atom stereocenters. The molecular formula is C11H18N2O. The summed E-state index contributed by atoms with van der Waals surface area (Å²) in [5, 5.41) is 0. The van der Waals surface area contributed by atoms with Crippen molar-refractivity contribution in [3.05, 3.63) is 24.4 Å². The summed E-state index contributed by atoms with van der Waals surface area (Å²) in [6.45, 7) is 9.92. The Balaban J connectivity index is 0.000000379. The fourth-order valence-corrected chi connectivity index (χ4v) is 0.864. The maximum Gasteiger partial charge on any atom is 0.182 e. The Morgan fingerprint density at radius 3 is 2.36 bits per heavy atom. The Bertz CT molecular complexity index is 355. The molecule has 0 fully saturated rings. The van der Waals surface area contributed by atoms with Crippen LogP contribution < -0.4 is 0 Å². The third-order valence-electron chi connectivity index (χ3n) is 1.35. The molecule has 0 unspecified atom stereocenters. The Labute approximate surface area is 85.2 Å². The molecule has 0 N–H and O–H groups in total. The van der Waals surface area contributed by atoms with Crippen molar-refractivity contribution < 1.29 is 4.42 Å². The smallest absolute Gasteiger partial charge is 0.182 e. The number of aromatic nitrogens is 2. The van der Waals surface area contributed by atoms with Crippen LogP contribution in [0.2, 0.25) is 0 Å². The molecule has 0 aliphatic carbocycles. The van der Waals surface area contributed by atoms with Crippen molar-refractivity contribution in [3.8, 4) is 0 Å². The standard InChI is InChI=1S/C7H6N2O.2C2H6/c1-5-2-6-7(3-8-5)10-4-9-6;2*1-2/h2-4H,1H3;2*1-2H3. The van der Waals surface area contributed by atoms with Gasteiger partial charge >= 0.3 is 0 Å². The summed E-state index contributed by atoms with van der Waals surface area (Å²) in [5.41, 5.74) is 2.57. The SMILES string of the molecule is CC.CC.Cc1cc2ncoc2cn1. The highest BCUT2D eigenvalue weighted by molar-refractivity contribution is 5.70. The lowest BCUT2D eigenvalue weighted by Gasteiger charge is -1.86. The van der Waals surface area contributed by atoms with Crippen molar-refractivity contribution in [1.29, 1.82) is 0 Å². The van der Waals surface area contributed by atoms with E-state index in [1.54, 1.807) is 6.20 Å². The number of rotatable bonds is 0. The fourth-order valence-electron chi connectivity index (χ4n) is 0.864. The van der Waals surface area contributed by atoms with Gasteiger partial charge in [0.25, 0.3) is 0 Å². The maximum atomic E-state index is 5.00. The van der Waals surface area contributed by atoms with Crippen LogP contribution in [0.1, 0.15) is 33.4 Å². The average Bonchev–Trinajstić information content (AvgIpc) is 2.71. The molecule has 3 heteroatoms. The van der Waals surface area contributed by atoms with Gasteiger partial charge in [-0.15, -0.1) is 0 Å². The Morgan fingerprint density at radius 2 is 1.71 bits per heavy atom. The fraction of sp³-hybridized carbons (Fsp3) is 0.455. The monoisotopic (exact) mass is 194 g/mol. The van der Waals surface area contributed by atoms with Gasteiger partial charge in [0.15, 0.2) is 12.0 Å². The minimum absolute atomic E-state index is 0.741. The second kappa shape index (κ2) is 7.06. The summed E-state index contributed by atoms with van der Waals surface area (Å²) in [6.07, 6.45) is 3.10. The zero-order valence-corrected chi connectivity index (χ0v) is 9.53. The Morgan fingerprint density at radius 1 is 1.07 bits per heavy atom. The van der Waals surface area contributed by atoms with E-state index in [0.29, 0.717) is 0 Å². The van der Waals surface area contributed by atoms with E-state index in [4.69, 9.17) is 4.42 Å². The molecule has 0 saturated carbocycles. The van der Waals surface area contributed by atoms with Gasteiger partial charge in [-0.2, -0.15) is 0 Å². The molecule has 0 bridgehead atoms. The lowest BCUT2D eigenvalue weighted by atomic mass is 10.3. The molecule has 3 nitrogen and oxygen atoms in total. The summed E-state index contributed by atoms with van der Waals surface area (Å²) in [5.74, 6) is 0. The van der Waals surface area contributed by atoms with Crippen LogP contribution in [-0.2, 0) is 0 Å². The molecule has 2 aromatic rings. The van der Waals surface area contributed by atoms with Crippen molar-refractivity contribution >= 4 is 11.1 Å². The van der Waals surface area contributed by atoms with Crippen molar-refractivity contribution in [2.75, 3.05) is 0 Å². The van der Waals surface area contributed by atoms with E-state index in [1.165, 1.54) is 6.39 Å². The highest BCUT2D eigenvalue weighted by Gasteiger charge is 1.96. The first kappa shape index (κ1) is 12.6. The minimum atomic E-state index is 0.741. The highest BCUT2D eigenvalue weighted by Crippen LogP contribution is 2.10. The molecule has 0 aliphatic rings. The van der Waals surface area contributed by atoms with Crippen LogP contribution in [0.4, 0.5) is 0 Å². The van der Waals surface area contributed by atoms with E-state index in [9.17, 15) is 0 Å². The van der Waals surface area contributed by atoms with Gasteiger partial charge < -0.3 is 4.42 Å². The molecule has 0 spiro atoms. The van der Waals surface area contributed by atoms with Crippen LogP contribution in [0, 0.1) is 6.92 Å². The number of hydrogen-bond donors (Lipinski definition) is 0. The van der Waals surface area contributed by atoms with E-state index in [-0.39, 0.29) is 0 Å². The van der Waals surface area contributed by atoms with Gasteiger partial charge in [-0.1, -0.05) is 27.7 Å². The van der Waals surface area contributed by atoms with E-state index in [0.717, 1.165) is 16.8 Å². The molecule has 2 aromatic heterocycles. The summed E-state index contributed by atoms with van der Waals surface area (Å²) in [4.78, 5) is 8.02. The van der Waals surface area contributed by atoms with Gasteiger partial charge in [0, 0.05) is 5.69 Å². The number of fused-ring (bicyclic) bond motifs is 1. The summed E-state index contributed by atoms with van der Waals surface area (Å²) >= 11 is 0. The van der Waals surface area contributed by atoms with E-state index in [1.807, 2.05) is 40.7 Å². The van der Waals surface area contributed by atoms with E-state index in [2.05, 4.69) is 9.97 Å². The van der Waals surface area contributed by atoms with Gasteiger partial charge in [0.2, 0.25) is 0 Å². The average molecular weight is 194 g/mol. The maximum absolute atomic E-state index is 5.00. The number of pyridine rings is 1. The molecule has 2 rings (SSSR count). The van der Waals surface area contributed by atoms with E-state index >= 15 is 0 Å². The van der Waals surface area contributed by atoms with Crippen LogP contribution in [0.15, 0.2) is 23.1 Å². The normalized spacial score (nSPS) is 8.36. The first-order valence-electron chi connectivity index (χ1n) is 5.02. The third kappa shape index (κ3) is 3.17. The van der Waals surface area contributed by atoms with Crippen LogP contribution in [0.3, 0.4) is 0 Å². The first-order valence-corrected chi connectivity index (χ1v) is 5.02. The molecule has 0 amide bonds. The van der Waals surface area contributed by atoms with Crippen LogP contribution in [0.5, 0.6) is 0 Å². The Hall–Kier alpha value is -1.38. The quantitative estimate of drug-likeness (QED) is 0.643.